The van der Waals surface area contributed by atoms with E-state index in [-0.39, 0.29) is 0 Å². The van der Waals surface area contributed by atoms with Gasteiger partial charge in [-0.2, -0.15) is 0 Å². The van der Waals surface area contributed by atoms with E-state index in [1.807, 2.05) is 0 Å². The van der Waals surface area contributed by atoms with Crippen LogP contribution in [0.2, 0.25) is 0 Å². The Morgan fingerprint density at radius 2 is 1.89 bits per heavy atom. The maximum Gasteiger partial charge on any atom is 0.256 e. The molecule has 0 fully saturated rings. The van der Waals surface area contributed by atoms with E-state index in [1.165, 1.54) is 17.8 Å². The van der Waals surface area contributed by atoms with Crippen molar-refractivity contribution in [1.29, 1.82) is 0 Å². The van der Waals surface area contributed by atoms with E-state index in [9.17, 15) is 0 Å². The Morgan fingerprint density at radius 1 is 1.17 bits per heavy atom. The Bertz CT molecular complexity index is 485. The number of rotatable bonds is 5. The van der Waals surface area contributed by atoms with Crippen LogP contribution in [0.15, 0.2) is 42.7 Å². The van der Waals surface area contributed by atoms with Gasteiger partial charge in [-0.25, -0.2) is 9.13 Å². The van der Waals surface area contributed by atoms with Crippen LogP contribution in [0.1, 0.15) is 44.6 Å². The number of aromatic nitrogens is 2. The van der Waals surface area contributed by atoms with Crippen molar-refractivity contribution in [3.05, 3.63) is 54.1 Å². The fourth-order valence-corrected chi connectivity index (χ4v) is 2.38. The highest BCUT2D eigenvalue weighted by molar-refractivity contribution is 5.13. The molecule has 0 amide bonds. The number of nitrogens with zero attached hydrogens (tertiary/aromatic N) is 2. The van der Waals surface area contributed by atoms with E-state index in [1.54, 1.807) is 0 Å². The summed E-state index contributed by atoms with van der Waals surface area (Å²) in [5.74, 6) is 1.41. The van der Waals surface area contributed by atoms with E-state index in [0.717, 1.165) is 13.0 Å². The smallest absolute Gasteiger partial charge is 0.232 e. The number of hydrogen-bond donors (Lipinski definition) is 0. The van der Waals surface area contributed by atoms with Crippen molar-refractivity contribution in [2.45, 2.75) is 46.2 Å². The van der Waals surface area contributed by atoms with Gasteiger partial charge >= 0.3 is 0 Å². The van der Waals surface area contributed by atoms with Crippen molar-refractivity contribution in [3.63, 3.8) is 0 Å². The lowest BCUT2D eigenvalue weighted by atomic mass is 10.2. The monoisotopic (exact) mass is 243 g/mol. The van der Waals surface area contributed by atoms with E-state index in [0.29, 0.717) is 6.04 Å². The first-order valence-corrected chi connectivity index (χ1v) is 6.89. The molecule has 2 rings (SSSR count). The van der Waals surface area contributed by atoms with Gasteiger partial charge < -0.3 is 0 Å². The first-order chi connectivity index (χ1) is 8.76. The van der Waals surface area contributed by atoms with Crippen molar-refractivity contribution >= 4 is 0 Å². The minimum absolute atomic E-state index is 0.581. The summed E-state index contributed by atoms with van der Waals surface area (Å²) < 4.78 is 4.77. The molecule has 2 aromatic rings. The van der Waals surface area contributed by atoms with Crippen LogP contribution in [-0.4, -0.2) is 4.57 Å². The minimum atomic E-state index is 0.581. The molecular formula is C16H23N2+. The van der Waals surface area contributed by atoms with Gasteiger partial charge in [0.15, 0.2) is 0 Å². The highest BCUT2D eigenvalue weighted by Gasteiger charge is 2.18. The Hall–Kier alpha value is -1.57. The lowest BCUT2D eigenvalue weighted by Crippen LogP contribution is -2.37. The molecule has 1 atom stereocenters. The van der Waals surface area contributed by atoms with Gasteiger partial charge in [-0.05, 0) is 18.9 Å². The summed E-state index contributed by atoms with van der Waals surface area (Å²) in [4.78, 5) is 0. The van der Waals surface area contributed by atoms with Gasteiger partial charge in [0, 0.05) is 6.42 Å². The Morgan fingerprint density at radius 3 is 2.50 bits per heavy atom. The van der Waals surface area contributed by atoms with Gasteiger partial charge in [0.2, 0.25) is 0 Å². The second-order valence-corrected chi connectivity index (χ2v) is 4.85. The normalized spacial score (nSPS) is 12.6. The largest absolute Gasteiger partial charge is 0.256 e. The fourth-order valence-electron chi connectivity index (χ4n) is 2.38. The first kappa shape index (κ1) is 12.9. The molecule has 0 radical (unpaired) electrons. The Balaban J connectivity index is 2.26. The predicted molar refractivity (Wildman–Crippen MR) is 74.6 cm³/mol. The average Bonchev–Trinajstić information content (AvgIpc) is 2.81. The van der Waals surface area contributed by atoms with Crippen LogP contribution in [0.5, 0.6) is 0 Å². The summed E-state index contributed by atoms with van der Waals surface area (Å²) in [5.41, 5.74) is 1.36. The van der Waals surface area contributed by atoms with Crippen molar-refractivity contribution in [2.75, 3.05) is 0 Å². The van der Waals surface area contributed by atoms with Crippen LogP contribution in [0.25, 0.3) is 0 Å². The maximum absolute atomic E-state index is 2.41. The van der Waals surface area contributed by atoms with Crippen LogP contribution in [0, 0.1) is 0 Å². The van der Waals surface area contributed by atoms with Crippen molar-refractivity contribution < 1.29 is 4.57 Å². The molecule has 2 heteroatoms. The van der Waals surface area contributed by atoms with Crippen molar-refractivity contribution in [3.8, 4) is 0 Å². The van der Waals surface area contributed by atoms with Gasteiger partial charge in [0.05, 0.1) is 6.04 Å². The van der Waals surface area contributed by atoms with Gasteiger partial charge in [0.25, 0.3) is 5.82 Å². The summed E-state index contributed by atoms with van der Waals surface area (Å²) in [5, 5.41) is 0. The van der Waals surface area contributed by atoms with Gasteiger partial charge in [0.1, 0.15) is 18.9 Å². The molecule has 96 valence electrons. The lowest BCUT2D eigenvalue weighted by Gasteiger charge is -2.08. The van der Waals surface area contributed by atoms with E-state index in [2.05, 4.69) is 72.6 Å². The van der Waals surface area contributed by atoms with E-state index < -0.39 is 0 Å². The second-order valence-electron chi connectivity index (χ2n) is 4.85. The first-order valence-electron chi connectivity index (χ1n) is 6.89. The molecule has 2 nitrogen and oxygen atoms in total. The fraction of sp³-hybridized carbons (Fsp3) is 0.438. The van der Waals surface area contributed by atoms with Crippen LogP contribution in [0.4, 0.5) is 0 Å². The molecule has 0 aliphatic carbocycles. The second kappa shape index (κ2) is 5.85. The van der Waals surface area contributed by atoms with E-state index in [4.69, 9.17) is 0 Å². The zero-order valence-corrected chi connectivity index (χ0v) is 11.6. The summed E-state index contributed by atoms with van der Waals surface area (Å²) in [6, 6.07) is 11.2. The summed E-state index contributed by atoms with van der Waals surface area (Å²) in [6.07, 6.45) is 6.67. The van der Waals surface area contributed by atoms with Crippen molar-refractivity contribution in [2.24, 2.45) is 0 Å². The summed E-state index contributed by atoms with van der Waals surface area (Å²) in [7, 11) is 0. The minimum Gasteiger partial charge on any atom is -0.232 e. The molecular weight excluding hydrogens is 220 g/mol. The zero-order chi connectivity index (χ0) is 13.0. The van der Waals surface area contributed by atoms with Crippen LogP contribution < -0.4 is 4.57 Å². The summed E-state index contributed by atoms with van der Waals surface area (Å²) in [6.45, 7) is 7.72. The number of benzene rings is 1. The highest BCUT2D eigenvalue weighted by Crippen LogP contribution is 2.12. The Kier molecular flexibility index (Phi) is 4.19. The van der Waals surface area contributed by atoms with Gasteiger partial charge in [-0.15, -0.1) is 0 Å². The zero-order valence-electron chi connectivity index (χ0n) is 11.6. The molecule has 1 aromatic heterocycles. The number of imidazole rings is 1. The van der Waals surface area contributed by atoms with Crippen LogP contribution in [-0.2, 0) is 13.0 Å². The maximum atomic E-state index is 2.41. The van der Waals surface area contributed by atoms with E-state index >= 15 is 0 Å². The van der Waals surface area contributed by atoms with Gasteiger partial charge in [-0.1, -0.05) is 44.2 Å². The SMILES string of the molecule is CCc1n(C(C)CC)cc[n+]1Cc1ccccc1. The molecule has 1 heterocycles. The molecule has 0 saturated carbocycles. The molecule has 0 aliphatic heterocycles. The molecule has 18 heavy (non-hydrogen) atoms. The van der Waals surface area contributed by atoms with Crippen LogP contribution in [0.3, 0.4) is 0 Å². The van der Waals surface area contributed by atoms with Gasteiger partial charge in [-0.3, -0.25) is 0 Å². The quantitative estimate of drug-likeness (QED) is 0.712. The molecule has 0 N–H and O–H groups in total. The molecule has 0 spiro atoms. The molecule has 0 saturated heterocycles. The molecule has 1 aromatic carbocycles. The highest BCUT2D eigenvalue weighted by atomic mass is 15.2. The molecule has 0 bridgehead atoms. The number of hydrogen-bond acceptors (Lipinski definition) is 0. The standard InChI is InChI=1S/C16H23N2/c1-4-14(3)18-12-11-17(16(18)5-2)13-15-9-7-6-8-10-15/h6-12,14H,4-5,13H2,1-3H3/q+1. The molecule has 0 aliphatic rings. The third-order valence-electron chi connectivity index (χ3n) is 3.61. The van der Waals surface area contributed by atoms with Crippen molar-refractivity contribution in [1.82, 2.24) is 4.57 Å². The lowest BCUT2D eigenvalue weighted by molar-refractivity contribution is -0.695. The molecule has 1 unspecified atom stereocenters. The predicted octanol–water partition coefficient (Wildman–Crippen LogP) is 3.36. The van der Waals surface area contributed by atoms with Crippen LogP contribution >= 0.6 is 0 Å². The Labute approximate surface area is 110 Å². The third kappa shape index (κ3) is 2.63. The average molecular weight is 243 g/mol. The summed E-state index contributed by atoms with van der Waals surface area (Å²) >= 11 is 0. The topological polar surface area (TPSA) is 8.81 Å². The third-order valence-corrected chi connectivity index (χ3v) is 3.61.